The number of unbranched alkanes of at least 4 members (excludes halogenated alkanes) is 12. The van der Waals surface area contributed by atoms with Gasteiger partial charge in [-0.1, -0.05) is 114 Å². The molecule has 0 aliphatic carbocycles. The number of rotatable bonds is 18. The quantitative estimate of drug-likeness (QED) is 0.0397. The van der Waals surface area contributed by atoms with Crippen molar-refractivity contribution in [1.29, 1.82) is 0 Å². The van der Waals surface area contributed by atoms with Crippen LogP contribution in [0.15, 0.2) is 75.8 Å². The first kappa shape index (κ1) is 35.1. The van der Waals surface area contributed by atoms with E-state index in [9.17, 15) is 17.8 Å². The molecule has 9 heteroatoms. The molecular formula is C32H43N2NaO5S. The Labute approximate surface area is 267 Å². The molecule has 0 unspecified atom stereocenters. The Balaban J connectivity index is 0.00000588. The van der Waals surface area contributed by atoms with Gasteiger partial charge in [-0.2, -0.15) is 13.5 Å². The van der Waals surface area contributed by atoms with E-state index < -0.39 is 10.1 Å². The van der Waals surface area contributed by atoms with Gasteiger partial charge < -0.3 is 4.74 Å². The molecule has 0 fully saturated rings. The number of ether oxygens (including phenoxy) is 1. The molecule has 0 aliphatic rings. The molecule has 0 saturated carbocycles. The molecule has 0 atom stereocenters. The van der Waals surface area contributed by atoms with Crippen molar-refractivity contribution in [2.24, 2.45) is 10.2 Å². The van der Waals surface area contributed by atoms with Crippen LogP contribution in [0.5, 0.6) is 5.75 Å². The molecule has 0 saturated heterocycles. The molecule has 218 valence electrons. The van der Waals surface area contributed by atoms with Crippen LogP contribution in [0.4, 0.5) is 11.4 Å². The fourth-order valence-corrected chi connectivity index (χ4v) is 5.23. The summed E-state index contributed by atoms with van der Waals surface area (Å²) in [7, 11) is -4.33. The monoisotopic (exact) mass is 590 g/mol. The van der Waals surface area contributed by atoms with Crippen LogP contribution < -0.4 is 4.74 Å². The standard InChI is InChI=1S/C32H42N2O5S.Na.H/c1-2-3-4-5-6-7-8-9-10-11-12-13-14-22-32(35)39-31-24-23-30(28-20-15-16-21-29(28)31)34-33-26-18-17-19-27(25-26)40(36,37)38;;/h15-21,23-25H,2-14,22H2,1H3,(H,36,37,38);;. The zero-order chi connectivity index (χ0) is 28.6. The van der Waals surface area contributed by atoms with Crippen molar-refractivity contribution in [2.75, 3.05) is 0 Å². The molecule has 3 rings (SSSR count). The molecule has 0 heterocycles. The van der Waals surface area contributed by atoms with Gasteiger partial charge in [-0.05, 0) is 36.8 Å². The van der Waals surface area contributed by atoms with Crippen LogP contribution in [-0.2, 0) is 14.9 Å². The first-order chi connectivity index (χ1) is 19.4. The van der Waals surface area contributed by atoms with E-state index in [0.29, 0.717) is 17.9 Å². The van der Waals surface area contributed by atoms with Gasteiger partial charge in [0, 0.05) is 17.2 Å². The second-order valence-corrected chi connectivity index (χ2v) is 11.7. The van der Waals surface area contributed by atoms with Gasteiger partial charge in [-0.25, -0.2) is 0 Å². The number of fused-ring (bicyclic) bond motifs is 1. The molecule has 0 radical (unpaired) electrons. The number of nitrogens with zero attached hydrogens (tertiary/aromatic N) is 2. The molecule has 3 aromatic carbocycles. The number of hydrogen-bond donors (Lipinski definition) is 1. The number of azo groups is 1. The Bertz CT molecular complexity index is 1360. The van der Waals surface area contributed by atoms with Gasteiger partial charge in [0.2, 0.25) is 0 Å². The third-order valence-corrected chi connectivity index (χ3v) is 7.81. The third kappa shape index (κ3) is 12.7. The summed E-state index contributed by atoms with van der Waals surface area (Å²) in [5, 5.41) is 9.90. The molecule has 0 bridgehead atoms. The molecule has 7 nitrogen and oxygen atoms in total. The van der Waals surface area contributed by atoms with E-state index in [1.165, 1.54) is 82.4 Å². The van der Waals surface area contributed by atoms with Crippen molar-refractivity contribution in [3.63, 3.8) is 0 Å². The Kier molecular flexibility index (Phi) is 16.4. The van der Waals surface area contributed by atoms with Gasteiger partial charge in [0.1, 0.15) is 5.75 Å². The topological polar surface area (TPSA) is 105 Å². The van der Waals surface area contributed by atoms with Crippen molar-refractivity contribution < 1.29 is 22.5 Å². The number of benzene rings is 3. The molecule has 0 amide bonds. The fraction of sp³-hybridized carbons (Fsp3) is 0.469. The first-order valence-corrected chi connectivity index (χ1v) is 16.0. The Hall–Kier alpha value is -2.10. The van der Waals surface area contributed by atoms with E-state index in [1.807, 2.05) is 24.3 Å². The van der Waals surface area contributed by atoms with E-state index in [2.05, 4.69) is 17.2 Å². The molecule has 3 aromatic rings. The summed E-state index contributed by atoms with van der Waals surface area (Å²) < 4.78 is 37.7. The minimum atomic E-state index is -4.33. The Morgan fingerprint density at radius 2 is 1.32 bits per heavy atom. The average Bonchev–Trinajstić information content (AvgIpc) is 2.95. The van der Waals surface area contributed by atoms with Crippen LogP contribution in [0, 0.1) is 0 Å². The van der Waals surface area contributed by atoms with Gasteiger partial charge in [-0.15, -0.1) is 5.11 Å². The first-order valence-electron chi connectivity index (χ1n) is 14.6. The van der Waals surface area contributed by atoms with Crippen LogP contribution in [0.2, 0.25) is 0 Å². The summed E-state index contributed by atoms with van der Waals surface area (Å²) in [6.45, 7) is 2.25. The van der Waals surface area contributed by atoms with E-state index in [4.69, 9.17) is 4.74 Å². The van der Waals surface area contributed by atoms with Gasteiger partial charge in [0.25, 0.3) is 10.1 Å². The predicted octanol–water partition coefficient (Wildman–Crippen LogP) is 9.24. The van der Waals surface area contributed by atoms with E-state index in [-0.39, 0.29) is 46.1 Å². The summed E-state index contributed by atoms with van der Waals surface area (Å²) in [6.07, 6.45) is 16.7. The van der Waals surface area contributed by atoms with Gasteiger partial charge in [0.15, 0.2) is 0 Å². The SMILES string of the molecule is CCCCCCCCCCCCCCCC(=O)Oc1ccc(N=Nc2cccc(S(=O)(=O)O)c2)c2ccccc12.[NaH]. The summed E-state index contributed by atoms with van der Waals surface area (Å²) in [5.74, 6) is 0.229. The van der Waals surface area contributed by atoms with Crippen LogP contribution in [0.3, 0.4) is 0 Å². The number of carbonyl (C=O) groups excluding carboxylic acids is 1. The Morgan fingerprint density at radius 3 is 1.93 bits per heavy atom. The van der Waals surface area contributed by atoms with Gasteiger partial charge >= 0.3 is 35.5 Å². The van der Waals surface area contributed by atoms with Gasteiger partial charge in [-0.3, -0.25) is 9.35 Å². The molecule has 0 aromatic heterocycles. The fourth-order valence-electron chi connectivity index (χ4n) is 4.71. The van der Waals surface area contributed by atoms with E-state index in [1.54, 1.807) is 18.2 Å². The van der Waals surface area contributed by atoms with Crippen molar-refractivity contribution in [3.8, 4) is 5.75 Å². The summed E-state index contributed by atoms with van der Waals surface area (Å²) >= 11 is 0. The third-order valence-electron chi connectivity index (χ3n) is 6.96. The second kappa shape index (κ2) is 19.2. The average molecular weight is 591 g/mol. The normalized spacial score (nSPS) is 11.6. The Morgan fingerprint density at radius 1 is 0.732 bits per heavy atom. The minimum absolute atomic E-state index is 0. The van der Waals surface area contributed by atoms with Crippen molar-refractivity contribution in [3.05, 3.63) is 60.7 Å². The van der Waals surface area contributed by atoms with E-state index in [0.717, 1.165) is 30.0 Å². The number of esters is 1. The zero-order valence-electron chi connectivity index (χ0n) is 23.6. The molecule has 0 aliphatic heterocycles. The molecular weight excluding hydrogens is 547 g/mol. The summed E-state index contributed by atoms with van der Waals surface area (Å²) in [6, 6.07) is 16.5. The number of hydrogen-bond acceptors (Lipinski definition) is 6. The summed E-state index contributed by atoms with van der Waals surface area (Å²) in [5.41, 5.74) is 0.830. The van der Waals surface area contributed by atoms with Crippen molar-refractivity contribution in [1.82, 2.24) is 0 Å². The molecule has 1 N–H and O–H groups in total. The van der Waals surface area contributed by atoms with Crippen LogP contribution >= 0.6 is 0 Å². The van der Waals surface area contributed by atoms with Crippen LogP contribution in [0.1, 0.15) is 96.8 Å². The number of carbonyl (C=O) groups is 1. The molecule has 41 heavy (non-hydrogen) atoms. The van der Waals surface area contributed by atoms with Gasteiger partial charge in [0.05, 0.1) is 16.3 Å². The second-order valence-electron chi connectivity index (χ2n) is 10.3. The van der Waals surface area contributed by atoms with Crippen LogP contribution in [-0.4, -0.2) is 48.5 Å². The zero-order valence-corrected chi connectivity index (χ0v) is 24.4. The maximum atomic E-state index is 12.5. The summed E-state index contributed by atoms with van der Waals surface area (Å²) in [4.78, 5) is 12.3. The van der Waals surface area contributed by atoms with Crippen LogP contribution in [0.25, 0.3) is 10.8 Å². The molecule has 0 spiro atoms. The van der Waals surface area contributed by atoms with Crippen molar-refractivity contribution in [2.45, 2.75) is 102 Å². The van der Waals surface area contributed by atoms with Crippen molar-refractivity contribution >= 4 is 67.8 Å². The maximum absolute atomic E-state index is 12.5. The van der Waals surface area contributed by atoms with E-state index >= 15 is 0 Å². The predicted molar refractivity (Wildman–Crippen MR) is 167 cm³/mol.